The van der Waals surface area contributed by atoms with Gasteiger partial charge in [-0.2, -0.15) is 0 Å². The Balaban J connectivity index is 2.33. The van der Waals surface area contributed by atoms with Gasteiger partial charge in [0.1, 0.15) is 12.3 Å². The summed E-state index contributed by atoms with van der Waals surface area (Å²) in [7, 11) is 0. The van der Waals surface area contributed by atoms with Gasteiger partial charge in [-0.25, -0.2) is 9.98 Å². The number of nitrogens with zero attached hydrogens (tertiary/aromatic N) is 2. The predicted octanol–water partition coefficient (Wildman–Crippen LogP) is 2.91. The second-order valence-corrected chi connectivity index (χ2v) is 5.82. The lowest BCUT2D eigenvalue weighted by Crippen LogP contribution is -2.38. The molecular formula is C15H28N4O. The zero-order valence-electron chi connectivity index (χ0n) is 13.4. The highest BCUT2D eigenvalue weighted by Gasteiger charge is 2.06. The Morgan fingerprint density at radius 3 is 2.55 bits per heavy atom. The molecule has 0 saturated heterocycles. The number of oxazole rings is 1. The lowest BCUT2D eigenvalue weighted by Gasteiger charge is -2.14. The molecule has 5 heteroatoms. The minimum absolute atomic E-state index is 0.338. The number of hydrogen-bond donors (Lipinski definition) is 2. The molecule has 1 aromatic rings. The van der Waals surface area contributed by atoms with Gasteiger partial charge in [0, 0.05) is 6.04 Å². The van der Waals surface area contributed by atoms with Gasteiger partial charge in [0.2, 0.25) is 5.89 Å². The molecule has 1 rings (SSSR count). The van der Waals surface area contributed by atoms with Crippen molar-refractivity contribution in [2.75, 3.05) is 0 Å². The number of nitrogens with one attached hydrogen (secondary N) is 1. The van der Waals surface area contributed by atoms with Crippen LogP contribution in [0.3, 0.4) is 0 Å². The summed E-state index contributed by atoms with van der Waals surface area (Å²) in [4.78, 5) is 8.53. The first-order valence-electron chi connectivity index (χ1n) is 7.37. The molecule has 114 valence electrons. The molecule has 0 saturated carbocycles. The number of rotatable bonds is 7. The van der Waals surface area contributed by atoms with Crippen LogP contribution in [-0.4, -0.2) is 17.0 Å². The van der Waals surface area contributed by atoms with Gasteiger partial charge >= 0.3 is 0 Å². The fourth-order valence-corrected chi connectivity index (χ4v) is 1.96. The van der Waals surface area contributed by atoms with Crippen molar-refractivity contribution in [3.63, 3.8) is 0 Å². The number of aromatic nitrogens is 1. The normalized spacial score (nSPS) is 13.8. The molecule has 5 nitrogen and oxygen atoms in total. The van der Waals surface area contributed by atoms with Crippen molar-refractivity contribution in [1.29, 1.82) is 0 Å². The topological polar surface area (TPSA) is 76.4 Å². The first-order chi connectivity index (χ1) is 9.38. The highest BCUT2D eigenvalue weighted by Crippen LogP contribution is 2.09. The van der Waals surface area contributed by atoms with Crippen LogP contribution >= 0.6 is 0 Å². The number of aryl methyl sites for hydroxylation is 2. The van der Waals surface area contributed by atoms with Crippen LogP contribution in [-0.2, 0) is 6.54 Å². The summed E-state index contributed by atoms with van der Waals surface area (Å²) in [5, 5.41) is 3.20. The number of hydrogen-bond acceptors (Lipinski definition) is 3. The van der Waals surface area contributed by atoms with Crippen LogP contribution in [0.5, 0.6) is 0 Å². The Morgan fingerprint density at radius 2 is 2.00 bits per heavy atom. The van der Waals surface area contributed by atoms with Crippen molar-refractivity contribution in [2.24, 2.45) is 16.6 Å². The van der Waals surface area contributed by atoms with Gasteiger partial charge in [0.15, 0.2) is 5.96 Å². The van der Waals surface area contributed by atoms with E-state index in [4.69, 9.17) is 10.2 Å². The van der Waals surface area contributed by atoms with Gasteiger partial charge in [-0.1, -0.05) is 26.7 Å². The van der Waals surface area contributed by atoms with E-state index in [0.717, 1.165) is 23.8 Å². The zero-order valence-corrected chi connectivity index (χ0v) is 13.4. The minimum Gasteiger partial charge on any atom is -0.444 e. The maximum absolute atomic E-state index is 5.87. The van der Waals surface area contributed by atoms with E-state index in [1.54, 1.807) is 0 Å². The third-order valence-corrected chi connectivity index (χ3v) is 3.27. The molecule has 0 spiro atoms. The van der Waals surface area contributed by atoms with Gasteiger partial charge in [-0.3, -0.25) is 0 Å². The minimum atomic E-state index is 0.338. The van der Waals surface area contributed by atoms with Crippen LogP contribution in [0.25, 0.3) is 0 Å². The van der Waals surface area contributed by atoms with Crippen molar-refractivity contribution in [3.05, 3.63) is 17.3 Å². The molecule has 0 aliphatic heterocycles. The second-order valence-electron chi connectivity index (χ2n) is 5.82. The SMILES string of the molecule is Cc1nc(CN=C(N)NC(C)CCCC(C)C)oc1C. The Morgan fingerprint density at radius 1 is 1.30 bits per heavy atom. The van der Waals surface area contributed by atoms with Gasteiger partial charge < -0.3 is 15.5 Å². The molecule has 0 aromatic carbocycles. The highest BCUT2D eigenvalue weighted by molar-refractivity contribution is 5.78. The van der Waals surface area contributed by atoms with Crippen molar-refractivity contribution in [3.8, 4) is 0 Å². The fourth-order valence-electron chi connectivity index (χ4n) is 1.96. The van der Waals surface area contributed by atoms with E-state index in [1.165, 1.54) is 12.8 Å². The molecule has 1 unspecified atom stereocenters. The van der Waals surface area contributed by atoms with E-state index in [1.807, 2.05) is 13.8 Å². The second kappa shape index (κ2) is 7.92. The summed E-state index contributed by atoms with van der Waals surface area (Å²) in [6, 6.07) is 0.338. The molecule has 0 radical (unpaired) electrons. The summed E-state index contributed by atoms with van der Waals surface area (Å²) >= 11 is 0. The molecule has 0 aliphatic carbocycles. The molecule has 1 heterocycles. The molecule has 0 aliphatic rings. The predicted molar refractivity (Wildman–Crippen MR) is 82.6 cm³/mol. The summed E-state index contributed by atoms with van der Waals surface area (Å²) in [5.41, 5.74) is 6.77. The molecular weight excluding hydrogens is 252 g/mol. The zero-order chi connectivity index (χ0) is 15.1. The van der Waals surface area contributed by atoms with Gasteiger partial charge in [-0.15, -0.1) is 0 Å². The smallest absolute Gasteiger partial charge is 0.216 e. The lowest BCUT2D eigenvalue weighted by atomic mass is 10.0. The van der Waals surface area contributed by atoms with Crippen LogP contribution < -0.4 is 11.1 Å². The van der Waals surface area contributed by atoms with E-state index in [-0.39, 0.29) is 0 Å². The highest BCUT2D eigenvalue weighted by atomic mass is 16.4. The first kappa shape index (κ1) is 16.5. The van der Waals surface area contributed by atoms with E-state index >= 15 is 0 Å². The van der Waals surface area contributed by atoms with Crippen LogP contribution in [0.1, 0.15) is 57.4 Å². The largest absolute Gasteiger partial charge is 0.444 e. The summed E-state index contributed by atoms with van der Waals surface area (Å²) in [6.07, 6.45) is 3.56. The monoisotopic (exact) mass is 280 g/mol. The van der Waals surface area contributed by atoms with Crippen LogP contribution in [0.15, 0.2) is 9.41 Å². The summed E-state index contributed by atoms with van der Waals surface area (Å²) in [6.45, 7) is 10.8. The van der Waals surface area contributed by atoms with E-state index in [2.05, 4.69) is 36.1 Å². The van der Waals surface area contributed by atoms with Crippen molar-refractivity contribution in [1.82, 2.24) is 10.3 Å². The lowest BCUT2D eigenvalue weighted by molar-refractivity contribution is 0.471. The maximum atomic E-state index is 5.87. The molecule has 3 N–H and O–H groups in total. The van der Waals surface area contributed by atoms with E-state index in [9.17, 15) is 0 Å². The summed E-state index contributed by atoms with van der Waals surface area (Å²) < 4.78 is 5.46. The van der Waals surface area contributed by atoms with Gasteiger partial charge in [0.25, 0.3) is 0 Å². The molecule has 0 bridgehead atoms. The van der Waals surface area contributed by atoms with Crippen molar-refractivity contribution < 1.29 is 4.42 Å². The Hall–Kier alpha value is -1.52. The van der Waals surface area contributed by atoms with E-state index in [0.29, 0.717) is 24.4 Å². The van der Waals surface area contributed by atoms with Crippen LogP contribution in [0.2, 0.25) is 0 Å². The average molecular weight is 280 g/mol. The van der Waals surface area contributed by atoms with Gasteiger partial charge in [-0.05, 0) is 33.1 Å². The molecule has 1 aromatic heterocycles. The van der Waals surface area contributed by atoms with E-state index < -0.39 is 0 Å². The van der Waals surface area contributed by atoms with Crippen LogP contribution in [0, 0.1) is 19.8 Å². The Kier molecular flexibility index (Phi) is 6.55. The fraction of sp³-hybridized carbons (Fsp3) is 0.733. The molecule has 1 atom stereocenters. The third-order valence-electron chi connectivity index (χ3n) is 3.27. The maximum Gasteiger partial charge on any atom is 0.216 e. The number of guanidine groups is 1. The quantitative estimate of drug-likeness (QED) is 0.595. The van der Waals surface area contributed by atoms with Crippen molar-refractivity contribution >= 4 is 5.96 Å². The number of aliphatic imine (C=N–C) groups is 1. The third kappa shape index (κ3) is 6.08. The molecule has 20 heavy (non-hydrogen) atoms. The van der Waals surface area contributed by atoms with Crippen LogP contribution in [0.4, 0.5) is 0 Å². The first-order valence-corrected chi connectivity index (χ1v) is 7.37. The van der Waals surface area contributed by atoms with Gasteiger partial charge in [0.05, 0.1) is 5.69 Å². The van der Waals surface area contributed by atoms with Crippen molar-refractivity contribution in [2.45, 2.75) is 66.5 Å². The molecule has 0 fully saturated rings. The standard InChI is InChI=1S/C15H28N4O/c1-10(2)7-6-8-11(3)18-15(16)17-9-14-19-12(4)13(5)20-14/h10-11H,6-9H2,1-5H3,(H3,16,17,18). The molecule has 0 amide bonds. The number of nitrogens with two attached hydrogens (primary N) is 1. The Labute approximate surface area is 122 Å². The Bertz CT molecular complexity index is 418. The summed E-state index contributed by atoms with van der Waals surface area (Å²) in [5.74, 6) is 2.65. The average Bonchev–Trinajstić information content (AvgIpc) is 2.66.